The fourth-order valence-corrected chi connectivity index (χ4v) is 1.86. The van der Waals surface area contributed by atoms with Crippen LogP contribution in [0.3, 0.4) is 0 Å². The van der Waals surface area contributed by atoms with Gasteiger partial charge in [0.05, 0.1) is 11.6 Å². The average Bonchev–Trinajstić information content (AvgIpc) is 2.87. The van der Waals surface area contributed by atoms with Gasteiger partial charge in [-0.1, -0.05) is 0 Å². The minimum Gasteiger partial charge on any atom is -0.328 e. The Morgan fingerprint density at radius 2 is 2.00 bits per heavy atom. The second-order valence-electron chi connectivity index (χ2n) is 4.21. The second-order valence-corrected chi connectivity index (χ2v) is 4.21. The molecule has 0 bridgehead atoms. The highest BCUT2D eigenvalue weighted by molar-refractivity contribution is 5.60. The molecule has 20 heavy (non-hydrogen) atoms. The van der Waals surface area contributed by atoms with Crippen LogP contribution in [-0.4, -0.2) is 26.9 Å². The molecule has 2 heterocycles. The van der Waals surface area contributed by atoms with Crippen molar-refractivity contribution >= 4 is 17.2 Å². The molecule has 7 nitrogen and oxygen atoms in total. The van der Waals surface area contributed by atoms with Gasteiger partial charge in [0.25, 0.3) is 0 Å². The lowest BCUT2D eigenvalue weighted by atomic mass is 10.2. The molecule has 0 unspecified atom stereocenters. The molecule has 0 aliphatic heterocycles. The third-order valence-corrected chi connectivity index (χ3v) is 2.99. The molecule has 0 aliphatic carbocycles. The van der Waals surface area contributed by atoms with Gasteiger partial charge in [0.2, 0.25) is 0 Å². The lowest BCUT2D eigenvalue weighted by Crippen LogP contribution is -2.17. The number of H-pyrrole nitrogens is 1. The Morgan fingerprint density at radius 1 is 1.25 bits per heavy atom. The van der Waals surface area contributed by atoms with Crippen LogP contribution in [0.15, 0.2) is 41.2 Å². The van der Waals surface area contributed by atoms with Crippen LogP contribution in [0.1, 0.15) is 5.56 Å². The molecule has 0 saturated heterocycles. The molecule has 2 aromatic heterocycles. The molecule has 1 aromatic carbocycles. The lowest BCUT2D eigenvalue weighted by Gasteiger charge is -2.17. The van der Waals surface area contributed by atoms with Crippen LogP contribution in [0.25, 0.3) is 5.65 Å². The van der Waals surface area contributed by atoms with Crippen molar-refractivity contribution in [3.05, 3.63) is 52.4 Å². The number of fused-ring (bicyclic) bond motifs is 1. The van der Waals surface area contributed by atoms with Gasteiger partial charge in [-0.15, -0.1) is 5.10 Å². The number of nitriles is 1. The maximum Gasteiger partial charge on any atom is 0.364 e. The topological polar surface area (TPSA) is 90.1 Å². The zero-order valence-corrected chi connectivity index (χ0v) is 10.6. The Hall–Kier alpha value is -3.14. The van der Waals surface area contributed by atoms with E-state index in [1.54, 1.807) is 24.3 Å². The summed E-state index contributed by atoms with van der Waals surface area (Å²) in [7, 11) is 1.83. The normalized spacial score (nSPS) is 10.4. The summed E-state index contributed by atoms with van der Waals surface area (Å²) in [6.45, 7) is 0. The van der Waals surface area contributed by atoms with Crippen LogP contribution < -0.4 is 10.6 Å². The standard InChI is InChI=1S/C13H10N6O/c1-18(10-4-2-9(8-14)3-5-10)12-7-6-11-15-16-13(20)19(11)17-12/h2-7H,1H3,(H,16,20). The van der Waals surface area contributed by atoms with Gasteiger partial charge in [0.15, 0.2) is 11.5 Å². The second kappa shape index (κ2) is 4.51. The molecule has 98 valence electrons. The van der Waals surface area contributed by atoms with Crippen molar-refractivity contribution in [2.75, 3.05) is 11.9 Å². The molecule has 3 aromatic rings. The van der Waals surface area contributed by atoms with E-state index < -0.39 is 0 Å². The highest BCUT2D eigenvalue weighted by atomic mass is 16.2. The van der Waals surface area contributed by atoms with Crippen LogP contribution >= 0.6 is 0 Å². The van der Waals surface area contributed by atoms with Crippen molar-refractivity contribution in [2.24, 2.45) is 0 Å². The fourth-order valence-electron chi connectivity index (χ4n) is 1.86. The monoisotopic (exact) mass is 266 g/mol. The minimum atomic E-state index is -0.380. The molecule has 0 amide bonds. The van der Waals surface area contributed by atoms with E-state index in [4.69, 9.17) is 5.26 Å². The van der Waals surface area contributed by atoms with Gasteiger partial charge in [-0.25, -0.2) is 9.89 Å². The summed E-state index contributed by atoms with van der Waals surface area (Å²) in [4.78, 5) is 13.3. The largest absolute Gasteiger partial charge is 0.364 e. The van der Waals surface area contributed by atoms with E-state index in [0.717, 1.165) is 5.69 Å². The Kier molecular flexibility index (Phi) is 2.69. The van der Waals surface area contributed by atoms with Crippen LogP contribution in [-0.2, 0) is 0 Å². The van der Waals surface area contributed by atoms with E-state index >= 15 is 0 Å². The highest BCUT2D eigenvalue weighted by Gasteiger charge is 2.08. The van der Waals surface area contributed by atoms with E-state index in [9.17, 15) is 4.79 Å². The molecule has 7 heteroatoms. The van der Waals surface area contributed by atoms with Gasteiger partial charge in [-0.3, -0.25) is 0 Å². The summed E-state index contributed by atoms with van der Waals surface area (Å²) in [5, 5.41) is 19.2. The summed E-state index contributed by atoms with van der Waals surface area (Å²) in [6, 6.07) is 12.7. The molecule has 0 fully saturated rings. The van der Waals surface area contributed by atoms with Crippen molar-refractivity contribution < 1.29 is 0 Å². The summed E-state index contributed by atoms with van der Waals surface area (Å²) >= 11 is 0. The van der Waals surface area contributed by atoms with Gasteiger partial charge in [0, 0.05) is 12.7 Å². The van der Waals surface area contributed by atoms with Crippen molar-refractivity contribution in [3.63, 3.8) is 0 Å². The number of nitrogens with one attached hydrogen (secondary N) is 1. The molecule has 0 saturated carbocycles. The van der Waals surface area contributed by atoms with E-state index in [1.807, 2.05) is 24.1 Å². The summed E-state index contributed by atoms with van der Waals surface area (Å²) in [6.07, 6.45) is 0. The first-order valence-corrected chi connectivity index (χ1v) is 5.87. The summed E-state index contributed by atoms with van der Waals surface area (Å²) < 4.78 is 1.20. The first-order chi connectivity index (χ1) is 9.69. The van der Waals surface area contributed by atoms with Gasteiger partial charge >= 0.3 is 5.69 Å². The molecular formula is C13H10N6O. The molecule has 3 rings (SSSR count). The van der Waals surface area contributed by atoms with Crippen molar-refractivity contribution in [3.8, 4) is 6.07 Å². The van der Waals surface area contributed by atoms with Crippen molar-refractivity contribution in [2.45, 2.75) is 0 Å². The SMILES string of the molecule is CN(c1ccc(C#N)cc1)c1ccc2n[nH]c(=O)n2n1. The molecule has 1 N–H and O–H groups in total. The number of hydrogen-bond donors (Lipinski definition) is 1. The number of hydrogen-bond acceptors (Lipinski definition) is 5. The quantitative estimate of drug-likeness (QED) is 0.749. The number of anilines is 2. The van der Waals surface area contributed by atoms with Gasteiger partial charge in [-0.2, -0.15) is 14.9 Å². The van der Waals surface area contributed by atoms with E-state index in [-0.39, 0.29) is 5.69 Å². The predicted molar refractivity (Wildman–Crippen MR) is 72.8 cm³/mol. The average molecular weight is 266 g/mol. The van der Waals surface area contributed by atoms with E-state index in [1.165, 1.54) is 4.52 Å². The van der Waals surface area contributed by atoms with Gasteiger partial charge in [-0.05, 0) is 36.4 Å². The zero-order chi connectivity index (χ0) is 14.1. The number of aromatic amines is 1. The Bertz CT molecular complexity index is 855. The van der Waals surface area contributed by atoms with Crippen LogP contribution in [0.4, 0.5) is 11.5 Å². The number of aromatic nitrogens is 4. The molecule has 0 atom stereocenters. The number of benzene rings is 1. The molecule has 0 spiro atoms. The maximum atomic E-state index is 11.5. The summed E-state index contributed by atoms with van der Waals surface area (Å²) in [5.41, 5.74) is 1.55. The van der Waals surface area contributed by atoms with Crippen LogP contribution in [0, 0.1) is 11.3 Å². The third kappa shape index (κ3) is 1.89. The molecular weight excluding hydrogens is 256 g/mol. The smallest absolute Gasteiger partial charge is 0.328 e. The zero-order valence-electron chi connectivity index (χ0n) is 10.6. The maximum absolute atomic E-state index is 11.5. The Morgan fingerprint density at radius 3 is 2.70 bits per heavy atom. The van der Waals surface area contributed by atoms with E-state index in [2.05, 4.69) is 21.4 Å². The minimum absolute atomic E-state index is 0.380. The van der Waals surface area contributed by atoms with Crippen LogP contribution in [0.5, 0.6) is 0 Å². The van der Waals surface area contributed by atoms with Crippen molar-refractivity contribution in [1.29, 1.82) is 5.26 Å². The Balaban J connectivity index is 2.02. The highest BCUT2D eigenvalue weighted by Crippen LogP contribution is 2.21. The Labute approximate surface area is 113 Å². The van der Waals surface area contributed by atoms with E-state index in [0.29, 0.717) is 17.0 Å². The predicted octanol–water partition coefficient (Wildman–Crippen LogP) is 1.06. The van der Waals surface area contributed by atoms with Crippen molar-refractivity contribution in [1.82, 2.24) is 19.8 Å². The summed E-state index contributed by atoms with van der Waals surface area (Å²) in [5.74, 6) is 0.603. The molecule has 0 aliphatic rings. The van der Waals surface area contributed by atoms with Gasteiger partial charge in [0.1, 0.15) is 0 Å². The van der Waals surface area contributed by atoms with Gasteiger partial charge < -0.3 is 4.90 Å². The third-order valence-electron chi connectivity index (χ3n) is 2.99. The lowest BCUT2D eigenvalue weighted by molar-refractivity contribution is 0.867. The molecule has 0 radical (unpaired) electrons. The van der Waals surface area contributed by atoms with Crippen LogP contribution in [0.2, 0.25) is 0 Å². The number of rotatable bonds is 2. The first-order valence-electron chi connectivity index (χ1n) is 5.87. The first kappa shape index (κ1) is 11.9. The number of nitrogens with zero attached hydrogens (tertiary/aromatic N) is 5. The fraction of sp³-hybridized carbons (Fsp3) is 0.0769.